The van der Waals surface area contributed by atoms with Gasteiger partial charge in [0.15, 0.2) is 12.4 Å². The van der Waals surface area contributed by atoms with Crippen molar-refractivity contribution in [2.24, 2.45) is 0 Å². The lowest BCUT2D eigenvalue weighted by Gasteiger charge is -2.09. The van der Waals surface area contributed by atoms with E-state index in [-0.39, 0.29) is 24.6 Å². The van der Waals surface area contributed by atoms with E-state index < -0.39 is 6.16 Å². The Kier molecular flexibility index (Phi) is 9.66. The van der Waals surface area contributed by atoms with Crippen molar-refractivity contribution in [3.05, 3.63) is 35.8 Å². The molecule has 22 heavy (non-hydrogen) atoms. The van der Waals surface area contributed by atoms with Crippen LogP contribution in [0.1, 0.15) is 20.8 Å². The van der Waals surface area contributed by atoms with Crippen LogP contribution >= 0.6 is 0 Å². The Morgan fingerprint density at radius 2 is 1.82 bits per heavy atom. The molecule has 0 aliphatic rings. The number of nitrogens with two attached hydrogens (primary N) is 1. The van der Waals surface area contributed by atoms with E-state index in [1.54, 1.807) is 19.1 Å². The molecule has 0 heterocycles. The number of hydrogen-bond acceptors (Lipinski definition) is 7. The molecule has 0 atom stereocenters. The minimum atomic E-state index is -0.939. The van der Waals surface area contributed by atoms with Crippen molar-refractivity contribution in [1.82, 2.24) is 0 Å². The monoisotopic (exact) mass is 311 g/mol. The Morgan fingerprint density at radius 3 is 2.32 bits per heavy atom. The summed E-state index contributed by atoms with van der Waals surface area (Å²) in [5, 5.41) is 0. The largest absolute Gasteiger partial charge is 0.514 e. The molecular formula is C15H21NO6. The van der Waals surface area contributed by atoms with Crippen molar-refractivity contribution < 1.29 is 28.5 Å². The average Bonchev–Trinajstić information content (AvgIpc) is 2.54. The van der Waals surface area contributed by atoms with E-state index in [4.69, 9.17) is 19.9 Å². The van der Waals surface area contributed by atoms with Crippen molar-refractivity contribution in [2.75, 3.05) is 19.5 Å². The summed E-state index contributed by atoms with van der Waals surface area (Å²) < 4.78 is 19.2. The molecule has 0 radical (unpaired) electrons. The van der Waals surface area contributed by atoms with Gasteiger partial charge in [-0.15, -0.1) is 0 Å². The Bertz CT molecular complexity index is 495. The standard InChI is InChI=1S/C13H15NO6.C2H6/c1-9(17-2)12(19-8-15)7-18-13(16)20-11-5-3-10(14)4-6-11;1-2/h3-6,8H,7,14H2,1-2H3;1-2H3/b12-9-;. The lowest BCUT2D eigenvalue weighted by Crippen LogP contribution is -2.14. The molecule has 0 unspecified atom stereocenters. The number of anilines is 1. The molecule has 1 aromatic rings. The fraction of sp³-hybridized carbons (Fsp3) is 0.333. The van der Waals surface area contributed by atoms with Crippen molar-refractivity contribution in [2.45, 2.75) is 20.8 Å². The Labute approximate surface area is 129 Å². The Morgan fingerprint density at radius 1 is 1.23 bits per heavy atom. The van der Waals surface area contributed by atoms with Crippen LogP contribution in [0.2, 0.25) is 0 Å². The molecule has 0 spiro atoms. The first-order valence-corrected chi connectivity index (χ1v) is 6.61. The van der Waals surface area contributed by atoms with Gasteiger partial charge in [-0.2, -0.15) is 0 Å². The molecule has 0 saturated heterocycles. The van der Waals surface area contributed by atoms with E-state index in [9.17, 15) is 9.59 Å². The second-order valence-electron chi connectivity index (χ2n) is 3.61. The van der Waals surface area contributed by atoms with E-state index in [0.29, 0.717) is 11.4 Å². The van der Waals surface area contributed by atoms with Crippen LogP contribution in [-0.4, -0.2) is 26.3 Å². The first kappa shape index (κ1) is 19.3. The average molecular weight is 311 g/mol. The van der Waals surface area contributed by atoms with Gasteiger partial charge in [-0.05, 0) is 31.2 Å². The number of rotatable bonds is 6. The fourth-order valence-corrected chi connectivity index (χ4v) is 1.18. The number of hydrogen-bond donors (Lipinski definition) is 1. The van der Waals surface area contributed by atoms with E-state index in [1.165, 1.54) is 19.2 Å². The summed E-state index contributed by atoms with van der Waals surface area (Å²) in [7, 11) is 1.40. The van der Waals surface area contributed by atoms with Gasteiger partial charge in [0.2, 0.25) is 0 Å². The summed E-state index contributed by atoms with van der Waals surface area (Å²) >= 11 is 0. The molecule has 0 bridgehead atoms. The molecular weight excluding hydrogens is 290 g/mol. The summed E-state index contributed by atoms with van der Waals surface area (Å²) in [4.78, 5) is 21.7. The molecule has 0 fully saturated rings. The summed E-state index contributed by atoms with van der Waals surface area (Å²) in [5.41, 5.74) is 6.04. The third kappa shape index (κ3) is 7.18. The maximum atomic E-state index is 11.4. The van der Waals surface area contributed by atoms with E-state index in [0.717, 1.165) is 0 Å². The van der Waals surface area contributed by atoms with Gasteiger partial charge < -0.3 is 24.7 Å². The fourth-order valence-electron chi connectivity index (χ4n) is 1.18. The summed E-state index contributed by atoms with van der Waals surface area (Å²) in [6.07, 6.45) is -0.939. The number of benzene rings is 1. The van der Waals surface area contributed by atoms with Crippen LogP contribution in [0, 0.1) is 0 Å². The SMILES string of the molecule is CC.CO/C(C)=C(/COC(=O)Oc1ccc(N)cc1)OC=O. The molecule has 0 aliphatic heterocycles. The summed E-state index contributed by atoms with van der Waals surface area (Å²) in [6.45, 7) is 5.49. The molecule has 1 aromatic carbocycles. The van der Waals surface area contributed by atoms with Gasteiger partial charge in [0.25, 0.3) is 6.47 Å². The van der Waals surface area contributed by atoms with Gasteiger partial charge in [-0.3, -0.25) is 4.79 Å². The smallest absolute Gasteiger partial charge is 0.498 e. The Hall–Kier alpha value is -2.70. The molecule has 1 rings (SSSR count). The topological polar surface area (TPSA) is 97.1 Å². The lowest BCUT2D eigenvalue weighted by atomic mass is 10.3. The van der Waals surface area contributed by atoms with Crippen LogP contribution in [0.25, 0.3) is 0 Å². The highest BCUT2D eigenvalue weighted by Gasteiger charge is 2.11. The van der Waals surface area contributed by atoms with Gasteiger partial charge in [-0.25, -0.2) is 4.79 Å². The van der Waals surface area contributed by atoms with E-state index >= 15 is 0 Å². The number of allylic oxidation sites excluding steroid dienone is 1. The van der Waals surface area contributed by atoms with Crippen LogP contribution in [0.4, 0.5) is 10.5 Å². The van der Waals surface area contributed by atoms with Crippen LogP contribution in [-0.2, 0) is 19.0 Å². The number of nitrogen functional groups attached to an aromatic ring is 1. The summed E-state index contributed by atoms with van der Waals surface area (Å²) in [6, 6.07) is 6.21. The predicted molar refractivity (Wildman–Crippen MR) is 81.0 cm³/mol. The zero-order chi connectivity index (χ0) is 17.0. The second-order valence-corrected chi connectivity index (χ2v) is 3.61. The molecule has 2 N–H and O–H groups in total. The predicted octanol–water partition coefficient (Wildman–Crippen LogP) is 2.86. The van der Waals surface area contributed by atoms with Gasteiger partial charge in [0.1, 0.15) is 11.5 Å². The molecule has 0 saturated carbocycles. The molecule has 0 amide bonds. The summed E-state index contributed by atoms with van der Waals surface area (Å²) in [5.74, 6) is 0.684. The molecule has 7 heteroatoms. The normalized spacial score (nSPS) is 10.4. The number of ether oxygens (including phenoxy) is 4. The zero-order valence-electron chi connectivity index (χ0n) is 13.1. The van der Waals surface area contributed by atoms with E-state index in [1.807, 2.05) is 13.8 Å². The van der Waals surface area contributed by atoms with Crippen molar-refractivity contribution >= 4 is 18.3 Å². The highest BCUT2D eigenvalue weighted by molar-refractivity contribution is 5.64. The van der Waals surface area contributed by atoms with Crippen LogP contribution in [0.5, 0.6) is 5.75 Å². The van der Waals surface area contributed by atoms with Gasteiger partial charge in [0.05, 0.1) is 7.11 Å². The first-order chi connectivity index (χ1) is 10.6. The van der Waals surface area contributed by atoms with Crippen molar-refractivity contribution in [3.8, 4) is 5.75 Å². The minimum absolute atomic E-state index is 0.0803. The Balaban J connectivity index is 0.00000211. The maximum absolute atomic E-state index is 11.4. The third-order valence-electron chi connectivity index (χ3n) is 2.29. The van der Waals surface area contributed by atoms with Crippen molar-refractivity contribution in [1.29, 1.82) is 0 Å². The number of methoxy groups -OCH3 is 1. The highest BCUT2D eigenvalue weighted by atomic mass is 16.7. The molecule has 0 aliphatic carbocycles. The number of carbonyl (C=O) groups excluding carboxylic acids is 2. The van der Waals surface area contributed by atoms with Crippen molar-refractivity contribution in [3.63, 3.8) is 0 Å². The van der Waals surface area contributed by atoms with Gasteiger partial charge >= 0.3 is 6.16 Å². The van der Waals surface area contributed by atoms with E-state index in [2.05, 4.69) is 4.74 Å². The van der Waals surface area contributed by atoms with Crippen LogP contribution in [0.3, 0.4) is 0 Å². The maximum Gasteiger partial charge on any atom is 0.514 e. The molecule has 7 nitrogen and oxygen atoms in total. The second kappa shape index (κ2) is 11.0. The van der Waals surface area contributed by atoms with Gasteiger partial charge in [-0.1, -0.05) is 13.8 Å². The third-order valence-corrected chi connectivity index (χ3v) is 2.29. The zero-order valence-corrected chi connectivity index (χ0v) is 13.1. The highest BCUT2D eigenvalue weighted by Crippen LogP contribution is 2.14. The lowest BCUT2D eigenvalue weighted by molar-refractivity contribution is -0.126. The minimum Gasteiger partial charge on any atom is -0.498 e. The van der Waals surface area contributed by atoms with Crippen LogP contribution < -0.4 is 10.5 Å². The molecule has 122 valence electrons. The number of carbonyl (C=O) groups is 2. The molecule has 0 aromatic heterocycles. The van der Waals surface area contributed by atoms with Crippen LogP contribution in [0.15, 0.2) is 35.8 Å². The quantitative estimate of drug-likeness (QED) is 0.283. The first-order valence-electron chi connectivity index (χ1n) is 6.61. The van der Waals surface area contributed by atoms with Gasteiger partial charge in [0, 0.05) is 5.69 Å².